The maximum absolute atomic E-state index is 13.4. The lowest BCUT2D eigenvalue weighted by molar-refractivity contribution is -0.0553. The van der Waals surface area contributed by atoms with Crippen LogP contribution in [0.15, 0.2) is 91.0 Å². The number of nitrogens with zero attached hydrogens (tertiary/aromatic N) is 2. The molecule has 0 aliphatic carbocycles. The van der Waals surface area contributed by atoms with Crippen LogP contribution in [0.4, 0.5) is 4.79 Å². The van der Waals surface area contributed by atoms with E-state index in [1.54, 1.807) is 4.90 Å². The number of benzene rings is 3. The van der Waals surface area contributed by atoms with Gasteiger partial charge in [-0.25, -0.2) is 4.79 Å². The van der Waals surface area contributed by atoms with E-state index in [1.165, 1.54) is 11.1 Å². The van der Waals surface area contributed by atoms with E-state index in [0.717, 1.165) is 18.7 Å². The number of hydrogen-bond donors (Lipinski definition) is 0. The Morgan fingerprint density at radius 3 is 1.80 bits per heavy atom. The number of rotatable bonds is 8. The Bertz CT molecular complexity index is 1030. The number of hydrogen-bond acceptors (Lipinski definition) is 4. The Kier molecular flexibility index (Phi) is 7.58. The zero-order valence-electron chi connectivity index (χ0n) is 21.2. The fraction of sp³-hybridized carbons (Fsp3) is 0.367. The lowest BCUT2D eigenvalue weighted by Crippen LogP contribution is -2.53. The molecule has 0 radical (unpaired) electrons. The smallest absolute Gasteiger partial charge is 0.412 e. The first-order valence-electron chi connectivity index (χ1n) is 12.2. The van der Waals surface area contributed by atoms with Crippen LogP contribution in [0.3, 0.4) is 0 Å². The summed E-state index contributed by atoms with van der Waals surface area (Å²) in [5.74, 6) is 0. The van der Waals surface area contributed by atoms with Crippen molar-refractivity contribution in [2.45, 2.75) is 58.1 Å². The third-order valence-electron chi connectivity index (χ3n) is 6.55. The standard InChI is InChI=1S/C30H36N2O3/c1-29(2)23-35-30(3,4)32(29)28(33)34-22-27(26-18-12-7-13-19-26)31(20-24-14-8-5-9-15-24)21-25-16-10-6-11-17-25/h5-19,27H,20-23H2,1-4H3/t27-/m1/s1. The van der Waals surface area contributed by atoms with Gasteiger partial charge in [0.15, 0.2) is 0 Å². The highest BCUT2D eigenvalue weighted by Crippen LogP contribution is 2.35. The Morgan fingerprint density at radius 2 is 1.34 bits per heavy atom. The highest BCUT2D eigenvalue weighted by Gasteiger charge is 2.49. The number of carbonyl (C=O) groups excluding carboxylic acids is 1. The molecule has 3 aromatic carbocycles. The van der Waals surface area contributed by atoms with E-state index in [0.29, 0.717) is 6.61 Å². The highest BCUT2D eigenvalue weighted by molar-refractivity contribution is 5.70. The van der Waals surface area contributed by atoms with Gasteiger partial charge in [0.25, 0.3) is 0 Å². The van der Waals surface area contributed by atoms with Crippen LogP contribution in [0.2, 0.25) is 0 Å². The van der Waals surface area contributed by atoms with Crippen LogP contribution in [0.1, 0.15) is 50.4 Å². The zero-order valence-corrected chi connectivity index (χ0v) is 21.2. The molecule has 5 nitrogen and oxygen atoms in total. The zero-order chi connectivity index (χ0) is 24.9. The van der Waals surface area contributed by atoms with Crippen LogP contribution in [0.25, 0.3) is 0 Å². The van der Waals surface area contributed by atoms with E-state index < -0.39 is 11.3 Å². The molecule has 0 aromatic heterocycles. The summed E-state index contributed by atoms with van der Waals surface area (Å²) >= 11 is 0. The molecule has 0 unspecified atom stereocenters. The predicted molar refractivity (Wildman–Crippen MR) is 139 cm³/mol. The molecule has 1 aliphatic rings. The first-order chi connectivity index (χ1) is 16.8. The van der Waals surface area contributed by atoms with Gasteiger partial charge in [-0.05, 0) is 44.4 Å². The molecule has 1 aliphatic heterocycles. The first kappa shape index (κ1) is 25.0. The summed E-state index contributed by atoms with van der Waals surface area (Å²) in [4.78, 5) is 17.5. The lowest BCUT2D eigenvalue weighted by atomic mass is 10.0. The molecule has 3 aromatic rings. The number of ether oxygens (including phenoxy) is 2. The molecule has 0 spiro atoms. The van der Waals surface area contributed by atoms with E-state index >= 15 is 0 Å². The lowest BCUT2D eigenvalue weighted by Gasteiger charge is -2.38. The molecule has 0 saturated carbocycles. The molecular formula is C30H36N2O3. The van der Waals surface area contributed by atoms with Crippen molar-refractivity contribution in [2.75, 3.05) is 13.2 Å². The van der Waals surface area contributed by atoms with Gasteiger partial charge in [-0.2, -0.15) is 0 Å². The Hall–Kier alpha value is -3.15. The van der Waals surface area contributed by atoms with Crippen LogP contribution in [-0.2, 0) is 22.6 Å². The van der Waals surface area contributed by atoms with Gasteiger partial charge >= 0.3 is 6.09 Å². The van der Waals surface area contributed by atoms with Crippen molar-refractivity contribution in [1.29, 1.82) is 0 Å². The van der Waals surface area contributed by atoms with Crippen LogP contribution >= 0.6 is 0 Å². The summed E-state index contributed by atoms with van der Waals surface area (Å²) in [7, 11) is 0. The molecule has 4 rings (SSSR count). The van der Waals surface area contributed by atoms with E-state index in [4.69, 9.17) is 9.47 Å². The van der Waals surface area contributed by atoms with Gasteiger partial charge in [0.1, 0.15) is 12.3 Å². The Labute approximate surface area is 209 Å². The molecule has 0 N–H and O–H groups in total. The molecule has 1 saturated heterocycles. The van der Waals surface area contributed by atoms with E-state index in [-0.39, 0.29) is 18.7 Å². The van der Waals surface area contributed by atoms with Crippen molar-refractivity contribution in [1.82, 2.24) is 9.80 Å². The highest BCUT2D eigenvalue weighted by atomic mass is 16.6. The summed E-state index contributed by atoms with van der Waals surface area (Å²) in [5, 5.41) is 0. The summed E-state index contributed by atoms with van der Waals surface area (Å²) in [5.41, 5.74) is 2.40. The van der Waals surface area contributed by atoms with Gasteiger partial charge < -0.3 is 9.47 Å². The molecule has 1 amide bonds. The van der Waals surface area contributed by atoms with Gasteiger partial charge in [-0.1, -0.05) is 91.0 Å². The molecule has 5 heteroatoms. The fourth-order valence-electron chi connectivity index (χ4n) is 4.89. The average Bonchev–Trinajstić information content (AvgIpc) is 3.08. The van der Waals surface area contributed by atoms with Crippen LogP contribution < -0.4 is 0 Å². The van der Waals surface area contributed by atoms with Crippen molar-refractivity contribution in [3.05, 3.63) is 108 Å². The van der Waals surface area contributed by atoms with Crippen LogP contribution in [0, 0.1) is 0 Å². The second-order valence-electron chi connectivity index (χ2n) is 10.3. The first-order valence-corrected chi connectivity index (χ1v) is 12.2. The second-order valence-corrected chi connectivity index (χ2v) is 10.3. The summed E-state index contributed by atoms with van der Waals surface area (Å²) in [6, 6.07) is 31.0. The predicted octanol–water partition coefficient (Wildman–Crippen LogP) is 6.41. The van der Waals surface area contributed by atoms with E-state index in [9.17, 15) is 4.79 Å². The van der Waals surface area contributed by atoms with E-state index in [1.807, 2.05) is 58.0 Å². The van der Waals surface area contributed by atoms with Crippen LogP contribution in [0.5, 0.6) is 0 Å². The fourth-order valence-corrected chi connectivity index (χ4v) is 4.89. The molecule has 1 heterocycles. The number of carbonyl (C=O) groups is 1. The van der Waals surface area contributed by atoms with Gasteiger partial charge in [0.05, 0.1) is 18.2 Å². The number of amides is 1. The summed E-state index contributed by atoms with van der Waals surface area (Å²) in [6.45, 7) is 10.0. The maximum atomic E-state index is 13.4. The van der Waals surface area contributed by atoms with Gasteiger partial charge in [-0.3, -0.25) is 9.80 Å². The molecule has 0 bridgehead atoms. The minimum Gasteiger partial charge on any atom is -0.447 e. The second kappa shape index (κ2) is 10.6. The van der Waals surface area contributed by atoms with Crippen molar-refractivity contribution in [3.63, 3.8) is 0 Å². The summed E-state index contributed by atoms with van der Waals surface area (Å²) < 4.78 is 11.9. The third kappa shape index (κ3) is 6.11. The monoisotopic (exact) mass is 472 g/mol. The van der Waals surface area contributed by atoms with Crippen LogP contribution in [-0.4, -0.2) is 40.4 Å². The quantitative estimate of drug-likeness (QED) is 0.380. The molecule has 1 atom stereocenters. The van der Waals surface area contributed by atoms with Gasteiger partial charge in [-0.15, -0.1) is 0 Å². The summed E-state index contributed by atoms with van der Waals surface area (Å²) in [6.07, 6.45) is -0.349. The molecule has 184 valence electrons. The van der Waals surface area contributed by atoms with Gasteiger partial charge in [0, 0.05) is 13.1 Å². The molecular weight excluding hydrogens is 436 g/mol. The van der Waals surface area contributed by atoms with Crippen molar-refractivity contribution in [3.8, 4) is 0 Å². The molecule has 35 heavy (non-hydrogen) atoms. The average molecular weight is 473 g/mol. The van der Waals surface area contributed by atoms with Crippen molar-refractivity contribution < 1.29 is 14.3 Å². The minimum absolute atomic E-state index is 0.115. The maximum Gasteiger partial charge on any atom is 0.412 e. The van der Waals surface area contributed by atoms with E-state index in [2.05, 4.69) is 65.6 Å². The largest absolute Gasteiger partial charge is 0.447 e. The normalized spacial score (nSPS) is 17.3. The molecule has 1 fully saturated rings. The topological polar surface area (TPSA) is 42.0 Å². The van der Waals surface area contributed by atoms with Gasteiger partial charge in [0.2, 0.25) is 0 Å². The Morgan fingerprint density at radius 1 is 0.857 bits per heavy atom. The third-order valence-corrected chi connectivity index (χ3v) is 6.55. The van der Waals surface area contributed by atoms with Crippen molar-refractivity contribution in [2.24, 2.45) is 0 Å². The minimum atomic E-state index is -0.712. The van der Waals surface area contributed by atoms with Crippen molar-refractivity contribution >= 4 is 6.09 Å². The SMILES string of the molecule is CC1(C)COC(C)(C)N1C(=O)OC[C@H](c1ccccc1)N(Cc1ccccc1)Cc1ccccc1. The Balaban J connectivity index is 1.62.